The molecule has 0 aliphatic heterocycles. The van der Waals surface area contributed by atoms with E-state index in [1.807, 2.05) is 29.1 Å². The van der Waals surface area contributed by atoms with Gasteiger partial charge in [0, 0.05) is 44.3 Å². The number of aryl methyl sites for hydroxylation is 1. The van der Waals surface area contributed by atoms with Crippen LogP contribution in [0.15, 0.2) is 24.5 Å². The van der Waals surface area contributed by atoms with E-state index in [2.05, 4.69) is 5.32 Å². The quantitative estimate of drug-likeness (QED) is 0.906. The lowest BCUT2D eigenvalue weighted by Gasteiger charge is -2.14. The van der Waals surface area contributed by atoms with Gasteiger partial charge in [0.2, 0.25) is 5.91 Å². The molecule has 2 aromatic rings. The molecular formula is C18H23N3O2S. The highest BCUT2D eigenvalue weighted by Gasteiger charge is 2.26. The lowest BCUT2D eigenvalue weighted by molar-refractivity contribution is -0.128. The number of rotatable bonds is 5. The van der Waals surface area contributed by atoms with E-state index in [1.165, 1.54) is 16.9 Å². The van der Waals surface area contributed by atoms with Crippen molar-refractivity contribution in [2.45, 2.75) is 32.1 Å². The fraction of sp³-hybridized carbons (Fsp3) is 0.444. The van der Waals surface area contributed by atoms with Gasteiger partial charge in [0.1, 0.15) is 5.00 Å². The molecule has 0 unspecified atom stereocenters. The number of hydrogen-bond donors (Lipinski definition) is 1. The van der Waals surface area contributed by atoms with Crippen LogP contribution < -0.4 is 5.32 Å². The van der Waals surface area contributed by atoms with Gasteiger partial charge in [-0.25, -0.2) is 0 Å². The van der Waals surface area contributed by atoms with Gasteiger partial charge in [0.25, 0.3) is 5.91 Å². The summed E-state index contributed by atoms with van der Waals surface area (Å²) in [6.45, 7) is 0.367. The summed E-state index contributed by atoms with van der Waals surface area (Å²) in [7, 11) is 3.45. The second-order valence-electron chi connectivity index (χ2n) is 6.28. The van der Waals surface area contributed by atoms with Crippen LogP contribution in [0.1, 0.15) is 40.1 Å². The number of carbonyl (C=O) groups excluding carboxylic acids is 2. The third-order valence-corrected chi connectivity index (χ3v) is 5.65. The number of nitrogens with zero attached hydrogens (tertiary/aromatic N) is 2. The standard InChI is InChI=1S/C18H23N3O2S/c1-20(2)15(22)9-10-19-17(23)16-13-7-3-4-8-14(13)24-18(16)21-11-5-6-12-21/h5-6,11-12H,3-4,7-10H2,1-2H3,(H,19,23). The number of aromatic nitrogens is 1. The minimum atomic E-state index is -0.0651. The van der Waals surface area contributed by atoms with Crippen LogP contribution in [0, 0.1) is 0 Å². The number of amides is 2. The highest BCUT2D eigenvalue weighted by Crippen LogP contribution is 2.36. The van der Waals surface area contributed by atoms with E-state index in [4.69, 9.17) is 0 Å². The average Bonchev–Trinajstić information content (AvgIpc) is 3.21. The maximum Gasteiger partial charge on any atom is 0.254 e. The Balaban J connectivity index is 1.82. The van der Waals surface area contributed by atoms with Crippen LogP contribution in [0.4, 0.5) is 0 Å². The Morgan fingerprint density at radius 1 is 1.21 bits per heavy atom. The molecule has 3 rings (SSSR count). The second kappa shape index (κ2) is 7.21. The third kappa shape index (κ3) is 3.38. The molecule has 0 aromatic carbocycles. The summed E-state index contributed by atoms with van der Waals surface area (Å²) in [5, 5.41) is 3.92. The lowest BCUT2D eigenvalue weighted by Crippen LogP contribution is -2.31. The molecule has 0 bridgehead atoms. The van der Waals surface area contributed by atoms with Crippen molar-refractivity contribution in [1.82, 2.24) is 14.8 Å². The molecule has 0 atom stereocenters. The molecule has 2 amide bonds. The second-order valence-corrected chi connectivity index (χ2v) is 7.36. The topological polar surface area (TPSA) is 54.3 Å². The lowest BCUT2D eigenvalue weighted by atomic mass is 9.95. The van der Waals surface area contributed by atoms with Gasteiger partial charge < -0.3 is 14.8 Å². The molecule has 24 heavy (non-hydrogen) atoms. The molecule has 2 heterocycles. The summed E-state index contributed by atoms with van der Waals surface area (Å²) in [6.07, 6.45) is 8.62. The SMILES string of the molecule is CN(C)C(=O)CCNC(=O)c1c(-n2cccc2)sc2c1CCCC2. The van der Waals surface area contributed by atoms with E-state index in [-0.39, 0.29) is 11.8 Å². The number of thiophene rings is 1. The normalized spacial score (nSPS) is 13.4. The Hall–Kier alpha value is -2.08. The van der Waals surface area contributed by atoms with Crippen LogP contribution >= 0.6 is 11.3 Å². The molecule has 1 aliphatic rings. The molecule has 0 saturated heterocycles. The zero-order chi connectivity index (χ0) is 17.1. The molecule has 0 saturated carbocycles. The monoisotopic (exact) mass is 345 g/mol. The summed E-state index contributed by atoms with van der Waals surface area (Å²) >= 11 is 1.72. The first-order valence-electron chi connectivity index (χ1n) is 8.34. The average molecular weight is 345 g/mol. The third-order valence-electron chi connectivity index (χ3n) is 4.34. The minimum Gasteiger partial charge on any atom is -0.351 e. The largest absolute Gasteiger partial charge is 0.351 e. The zero-order valence-corrected chi connectivity index (χ0v) is 15.0. The number of nitrogens with one attached hydrogen (secondary N) is 1. The van der Waals surface area contributed by atoms with E-state index in [0.29, 0.717) is 13.0 Å². The summed E-state index contributed by atoms with van der Waals surface area (Å²) in [6, 6.07) is 3.94. The molecule has 6 heteroatoms. The molecule has 2 aromatic heterocycles. The van der Waals surface area contributed by atoms with Crippen molar-refractivity contribution in [3.05, 3.63) is 40.5 Å². The van der Waals surface area contributed by atoms with E-state index >= 15 is 0 Å². The summed E-state index contributed by atoms with van der Waals surface area (Å²) in [4.78, 5) is 27.4. The molecule has 128 valence electrons. The fourth-order valence-corrected chi connectivity index (χ4v) is 4.38. The Kier molecular flexibility index (Phi) is 5.04. The van der Waals surface area contributed by atoms with E-state index in [1.54, 1.807) is 30.3 Å². The summed E-state index contributed by atoms with van der Waals surface area (Å²) < 4.78 is 2.02. The van der Waals surface area contributed by atoms with Crippen molar-refractivity contribution in [1.29, 1.82) is 0 Å². The molecule has 0 fully saturated rings. The first-order chi connectivity index (χ1) is 11.6. The predicted molar refractivity (Wildman–Crippen MR) is 95.9 cm³/mol. The first-order valence-corrected chi connectivity index (χ1v) is 9.16. The molecule has 0 radical (unpaired) electrons. The maximum atomic E-state index is 12.8. The van der Waals surface area contributed by atoms with Crippen LogP contribution in [0.25, 0.3) is 5.00 Å². The van der Waals surface area contributed by atoms with Gasteiger partial charge in [-0.05, 0) is 43.4 Å². The van der Waals surface area contributed by atoms with Crippen LogP contribution in [0.2, 0.25) is 0 Å². The molecule has 1 aliphatic carbocycles. The first kappa shape index (κ1) is 16.8. The van der Waals surface area contributed by atoms with Crippen molar-refractivity contribution in [3.63, 3.8) is 0 Å². The van der Waals surface area contributed by atoms with Crippen LogP contribution in [-0.2, 0) is 17.6 Å². The number of hydrogen-bond acceptors (Lipinski definition) is 3. The zero-order valence-electron chi connectivity index (χ0n) is 14.2. The van der Waals surface area contributed by atoms with Gasteiger partial charge in [-0.3, -0.25) is 9.59 Å². The van der Waals surface area contributed by atoms with Gasteiger partial charge in [-0.15, -0.1) is 11.3 Å². The minimum absolute atomic E-state index is 0.0216. The fourth-order valence-electron chi connectivity index (χ4n) is 3.03. The number of carbonyl (C=O) groups is 2. The predicted octanol–water partition coefficient (Wildman–Crippen LogP) is 2.63. The van der Waals surface area contributed by atoms with Crippen molar-refractivity contribution in [3.8, 4) is 5.00 Å². The summed E-state index contributed by atoms with van der Waals surface area (Å²) in [5.41, 5.74) is 1.99. The van der Waals surface area contributed by atoms with Gasteiger partial charge in [-0.1, -0.05) is 0 Å². The Labute approximate surface area is 146 Å². The van der Waals surface area contributed by atoms with Crippen LogP contribution in [0.5, 0.6) is 0 Å². The highest BCUT2D eigenvalue weighted by molar-refractivity contribution is 7.15. The highest BCUT2D eigenvalue weighted by atomic mass is 32.1. The maximum absolute atomic E-state index is 12.8. The number of fused-ring (bicyclic) bond motifs is 1. The van der Waals surface area contributed by atoms with E-state index in [0.717, 1.165) is 29.8 Å². The molecule has 0 spiro atoms. The molecule has 1 N–H and O–H groups in total. The van der Waals surface area contributed by atoms with E-state index in [9.17, 15) is 9.59 Å². The van der Waals surface area contributed by atoms with E-state index < -0.39 is 0 Å². The van der Waals surface area contributed by atoms with Crippen molar-refractivity contribution < 1.29 is 9.59 Å². The molecule has 5 nitrogen and oxygen atoms in total. The van der Waals surface area contributed by atoms with Crippen molar-refractivity contribution in [2.75, 3.05) is 20.6 Å². The van der Waals surface area contributed by atoms with Crippen LogP contribution in [0.3, 0.4) is 0 Å². The molecular weight excluding hydrogens is 322 g/mol. The Bertz CT molecular complexity index is 732. The van der Waals surface area contributed by atoms with Crippen LogP contribution in [-0.4, -0.2) is 41.9 Å². The Morgan fingerprint density at radius 2 is 1.92 bits per heavy atom. The van der Waals surface area contributed by atoms with Gasteiger partial charge in [-0.2, -0.15) is 0 Å². The Morgan fingerprint density at radius 3 is 2.62 bits per heavy atom. The van der Waals surface area contributed by atoms with Crippen molar-refractivity contribution >= 4 is 23.2 Å². The van der Waals surface area contributed by atoms with Gasteiger partial charge >= 0.3 is 0 Å². The van der Waals surface area contributed by atoms with Crippen molar-refractivity contribution in [2.24, 2.45) is 0 Å². The summed E-state index contributed by atoms with van der Waals surface area (Å²) in [5.74, 6) is -0.0436. The smallest absolute Gasteiger partial charge is 0.254 e. The van der Waals surface area contributed by atoms with Gasteiger partial charge in [0.05, 0.1) is 5.56 Å². The van der Waals surface area contributed by atoms with Gasteiger partial charge in [0.15, 0.2) is 0 Å².